The second kappa shape index (κ2) is 5.63. The maximum atomic E-state index is 12.5. The van der Waals surface area contributed by atoms with Gasteiger partial charge in [0, 0.05) is 23.2 Å². The molecule has 0 saturated heterocycles. The third-order valence-electron chi connectivity index (χ3n) is 3.42. The molecule has 0 fully saturated rings. The summed E-state index contributed by atoms with van der Waals surface area (Å²) in [5.74, 6) is -0.0120. The predicted molar refractivity (Wildman–Crippen MR) is 83.0 cm³/mol. The van der Waals surface area contributed by atoms with Gasteiger partial charge in [0.05, 0.1) is 17.7 Å². The molecule has 0 radical (unpaired) electrons. The molecule has 106 valence electrons. The number of nitrogens with zero attached hydrogens (tertiary/aromatic N) is 2. The average molecular weight is 289 g/mol. The number of carbonyl (C=O) groups excluding carboxylic acids is 1. The van der Waals surface area contributed by atoms with E-state index >= 15 is 0 Å². The van der Waals surface area contributed by atoms with Crippen molar-refractivity contribution in [2.24, 2.45) is 0 Å². The van der Waals surface area contributed by atoms with Gasteiger partial charge in [-0.1, -0.05) is 6.07 Å². The maximum absolute atomic E-state index is 12.5. The van der Waals surface area contributed by atoms with Crippen LogP contribution in [0, 0.1) is 20.8 Å². The van der Waals surface area contributed by atoms with Crippen LogP contribution in [0.2, 0.25) is 0 Å². The van der Waals surface area contributed by atoms with Gasteiger partial charge < -0.3 is 10.6 Å². The van der Waals surface area contributed by atoms with E-state index in [1.807, 2.05) is 26.8 Å². The zero-order valence-corrected chi connectivity index (χ0v) is 13.0. The minimum Gasteiger partial charge on any atom is -0.398 e. The van der Waals surface area contributed by atoms with Crippen molar-refractivity contribution in [1.82, 2.24) is 9.88 Å². The first-order valence-electron chi connectivity index (χ1n) is 6.41. The summed E-state index contributed by atoms with van der Waals surface area (Å²) in [6, 6.07) is 3.72. The number of hydrogen-bond donors (Lipinski definition) is 1. The second-order valence-corrected chi connectivity index (χ2v) is 5.99. The Labute approximate surface area is 123 Å². The summed E-state index contributed by atoms with van der Waals surface area (Å²) in [4.78, 5) is 19.5. The fourth-order valence-electron chi connectivity index (χ4n) is 2.07. The number of rotatable bonds is 3. The van der Waals surface area contributed by atoms with E-state index in [1.165, 1.54) is 0 Å². The zero-order valence-electron chi connectivity index (χ0n) is 12.2. The first-order chi connectivity index (χ1) is 9.40. The molecule has 2 rings (SSSR count). The fourth-order valence-corrected chi connectivity index (χ4v) is 2.90. The van der Waals surface area contributed by atoms with Gasteiger partial charge in [0.1, 0.15) is 0 Å². The number of amides is 1. The first-order valence-corrected chi connectivity index (χ1v) is 7.29. The van der Waals surface area contributed by atoms with Gasteiger partial charge in [-0.3, -0.25) is 4.79 Å². The Hall–Kier alpha value is -1.88. The molecule has 0 saturated carbocycles. The molecule has 0 bridgehead atoms. The highest BCUT2D eigenvalue weighted by Gasteiger charge is 2.17. The Morgan fingerprint density at radius 3 is 2.60 bits per heavy atom. The van der Waals surface area contributed by atoms with E-state index in [4.69, 9.17) is 5.73 Å². The zero-order chi connectivity index (χ0) is 14.9. The molecular formula is C15H19N3OS. The normalized spacial score (nSPS) is 10.6. The van der Waals surface area contributed by atoms with E-state index in [0.29, 0.717) is 17.8 Å². The Balaban J connectivity index is 2.23. The molecule has 0 spiro atoms. The minimum atomic E-state index is -0.0120. The number of benzene rings is 1. The summed E-state index contributed by atoms with van der Waals surface area (Å²) >= 11 is 1.57. The molecule has 0 atom stereocenters. The van der Waals surface area contributed by atoms with E-state index in [-0.39, 0.29) is 5.91 Å². The molecule has 4 nitrogen and oxygen atoms in total. The van der Waals surface area contributed by atoms with Crippen LogP contribution in [-0.4, -0.2) is 22.8 Å². The Bertz CT molecular complexity index is 649. The van der Waals surface area contributed by atoms with Crippen molar-refractivity contribution in [2.45, 2.75) is 27.3 Å². The van der Waals surface area contributed by atoms with Crippen molar-refractivity contribution in [2.75, 3.05) is 12.8 Å². The smallest absolute Gasteiger partial charge is 0.254 e. The first kappa shape index (κ1) is 14.5. The molecule has 0 aliphatic rings. The summed E-state index contributed by atoms with van der Waals surface area (Å²) in [5, 5.41) is 0. The summed E-state index contributed by atoms with van der Waals surface area (Å²) < 4.78 is 0. The van der Waals surface area contributed by atoms with Crippen molar-refractivity contribution in [3.63, 3.8) is 0 Å². The quantitative estimate of drug-likeness (QED) is 0.884. The lowest BCUT2D eigenvalue weighted by Gasteiger charge is -2.18. The monoisotopic (exact) mass is 289 g/mol. The van der Waals surface area contributed by atoms with Gasteiger partial charge in [-0.25, -0.2) is 4.98 Å². The maximum Gasteiger partial charge on any atom is 0.254 e. The van der Waals surface area contributed by atoms with Crippen LogP contribution in [0.5, 0.6) is 0 Å². The molecule has 1 aromatic carbocycles. The Morgan fingerprint density at radius 2 is 2.00 bits per heavy atom. The molecule has 0 aliphatic heterocycles. The topological polar surface area (TPSA) is 59.2 Å². The minimum absolute atomic E-state index is 0.0120. The van der Waals surface area contributed by atoms with Crippen LogP contribution in [0.1, 0.15) is 32.1 Å². The number of aromatic nitrogens is 1. The van der Waals surface area contributed by atoms with Gasteiger partial charge in [0.15, 0.2) is 0 Å². The molecule has 1 heterocycles. The third-order valence-corrected chi connectivity index (χ3v) is 4.34. The van der Waals surface area contributed by atoms with Gasteiger partial charge in [-0.2, -0.15) is 0 Å². The fraction of sp³-hybridized carbons (Fsp3) is 0.333. The lowest BCUT2D eigenvalue weighted by atomic mass is 10.0. The molecule has 0 unspecified atom stereocenters. The summed E-state index contributed by atoms with van der Waals surface area (Å²) in [6.45, 7) is 6.41. The van der Waals surface area contributed by atoms with Gasteiger partial charge in [0.25, 0.3) is 5.91 Å². The summed E-state index contributed by atoms with van der Waals surface area (Å²) in [6.07, 6.45) is 0. The summed E-state index contributed by atoms with van der Waals surface area (Å²) in [5.41, 5.74) is 12.0. The highest BCUT2D eigenvalue weighted by atomic mass is 32.1. The van der Waals surface area contributed by atoms with E-state index in [1.54, 1.807) is 34.9 Å². The number of nitrogens with two attached hydrogens (primary N) is 1. The van der Waals surface area contributed by atoms with Crippen molar-refractivity contribution >= 4 is 22.9 Å². The molecule has 2 N–H and O–H groups in total. The summed E-state index contributed by atoms with van der Waals surface area (Å²) in [7, 11) is 1.80. The van der Waals surface area contributed by atoms with E-state index < -0.39 is 0 Å². The van der Waals surface area contributed by atoms with Crippen LogP contribution in [0.15, 0.2) is 17.6 Å². The highest BCUT2D eigenvalue weighted by Crippen LogP contribution is 2.21. The van der Waals surface area contributed by atoms with Crippen molar-refractivity contribution < 1.29 is 4.79 Å². The molecule has 5 heteroatoms. The van der Waals surface area contributed by atoms with Gasteiger partial charge in [-0.05, 0) is 38.0 Å². The number of aryl methyl sites for hydroxylation is 3. The van der Waals surface area contributed by atoms with E-state index in [2.05, 4.69) is 4.98 Å². The number of hydrogen-bond acceptors (Lipinski definition) is 4. The van der Waals surface area contributed by atoms with Crippen LogP contribution in [0.25, 0.3) is 0 Å². The van der Waals surface area contributed by atoms with Crippen LogP contribution in [0.4, 0.5) is 5.69 Å². The van der Waals surface area contributed by atoms with Crippen LogP contribution >= 0.6 is 11.3 Å². The highest BCUT2D eigenvalue weighted by molar-refractivity contribution is 7.09. The predicted octanol–water partition coefficient (Wildman–Crippen LogP) is 2.92. The van der Waals surface area contributed by atoms with Gasteiger partial charge in [-0.15, -0.1) is 11.3 Å². The third kappa shape index (κ3) is 2.82. The van der Waals surface area contributed by atoms with Crippen molar-refractivity contribution in [1.29, 1.82) is 0 Å². The average Bonchev–Trinajstić information content (AvgIpc) is 2.78. The Kier molecular flexibility index (Phi) is 4.09. The molecule has 2 aromatic rings. The second-order valence-electron chi connectivity index (χ2n) is 5.05. The largest absolute Gasteiger partial charge is 0.398 e. The molecule has 1 amide bonds. The van der Waals surface area contributed by atoms with Crippen LogP contribution in [0.3, 0.4) is 0 Å². The molecular weight excluding hydrogens is 270 g/mol. The van der Waals surface area contributed by atoms with Gasteiger partial charge >= 0.3 is 0 Å². The van der Waals surface area contributed by atoms with Crippen molar-refractivity contribution in [3.05, 3.63) is 44.9 Å². The molecule has 0 aliphatic carbocycles. The van der Waals surface area contributed by atoms with E-state index in [9.17, 15) is 4.79 Å². The number of anilines is 1. The standard InChI is InChI=1S/C15H19N3OS/c1-9-5-10(2)13(16)6-12(9)15(19)18(4)7-14-11(3)17-8-20-14/h5-6,8H,7,16H2,1-4H3. The lowest BCUT2D eigenvalue weighted by Crippen LogP contribution is -2.27. The van der Waals surface area contributed by atoms with E-state index in [0.717, 1.165) is 21.7 Å². The lowest BCUT2D eigenvalue weighted by molar-refractivity contribution is 0.0785. The molecule has 1 aromatic heterocycles. The number of thiazole rings is 1. The van der Waals surface area contributed by atoms with Crippen LogP contribution < -0.4 is 5.73 Å². The SMILES string of the molecule is Cc1cc(C)c(C(=O)N(C)Cc2scnc2C)cc1N. The molecule has 20 heavy (non-hydrogen) atoms. The number of carbonyl (C=O) groups is 1. The van der Waals surface area contributed by atoms with Crippen LogP contribution in [-0.2, 0) is 6.54 Å². The van der Waals surface area contributed by atoms with Gasteiger partial charge in [0.2, 0.25) is 0 Å². The van der Waals surface area contributed by atoms with Crippen molar-refractivity contribution in [3.8, 4) is 0 Å². The number of nitrogen functional groups attached to an aromatic ring is 1. The Morgan fingerprint density at radius 1 is 1.30 bits per heavy atom.